The lowest BCUT2D eigenvalue weighted by Gasteiger charge is -2.39. The number of amides is 1. The van der Waals surface area contributed by atoms with Crippen molar-refractivity contribution >= 4 is 17.7 Å². The van der Waals surface area contributed by atoms with Crippen LogP contribution in [0.15, 0.2) is 35.0 Å². The van der Waals surface area contributed by atoms with E-state index < -0.39 is 17.7 Å². The number of rotatable bonds is 6. The highest BCUT2D eigenvalue weighted by atomic mass is 19.1. The van der Waals surface area contributed by atoms with Crippen LogP contribution in [-0.4, -0.2) is 62.7 Å². The van der Waals surface area contributed by atoms with Crippen LogP contribution >= 0.6 is 0 Å². The van der Waals surface area contributed by atoms with E-state index in [2.05, 4.69) is 20.4 Å². The summed E-state index contributed by atoms with van der Waals surface area (Å²) in [6.07, 6.45) is 2.73. The number of aryl methyl sites for hydroxylation is 1. The summed E-state index contributed by atoms with van der Waals surface area (Å²) < 4.78 is 25.1. The number of ether oxygens (including phenoxy) is 1. The van der Waals surface area contributed by atoms with E-state index in [9.17, 15) is 19.1 Å². The molecule has 1 fully saturated rings. The summed E-state index contributed by atoms with van der Waals surface area (Å²) in [4.78, 5) is 35.2. The number of carboxylic acid groups (broad SMARTS) is 1. The third kappa shape index (κ3) is 4.41. The molecule has 1 saturated heterocycles. The number of carboxylic acids is 1. The number of halogens is 1. The molecular weight excluding hydrogens is 445 g/mol. The number of aromatic carboxylic acids is 1. The second-order valence-corrected chi connectivity index (χ2v) is 8.07. The molecule has 3 heterocycles. The first kappa shape index (κ1) is 23.1. The van der Waals surface area contributed by atoms with E-state index in [0.717, 1.165) is 0 Å². The van der Waals surface area contributed by atoms with Crippen LogP contribution in [0.2, 0.25) is 0 Å². The van der Waals surface area contributed by atoms with Gasteiger partial charge in [0.15, 0.2) is 0 Å². The van der Waals surface area contributed by atoms with Crippen molar-refractivity contribution in [1.82, 2.24) is 20.0 Å². The van der Waals surface area contributed by atoms with Crippen molar-refractivity contribution in [2.45, 2.75) is 38.8 Å². The van der Waals surface area contributed by atoms with E-state index in [1.165, 1.54) is 31.5 Å². The monoisotopic (exact) mass is 469 g/mol. The van der Waals surface area contributed by atoms with E-state index in [0.29, 0.717) is 18.7 Å². The average molecular weight is 469 g/mol. The molecule has 0 saturated carbocycles. The summed E-state index contributed by atoms with van der Waals surface area (Å²) in [5, 5.41) is 16.6. The summed E-state index contributed by atoms with van der Waals surface area (Å²) in [7, 11) is 1.38. The number of methoxy groups -OCH3 is 1. The minimum absolute atomic E-state index is 0.0923. The van der Waals surface area contributed by atoms with Crippen molar-refractivity contribution in [2.24, 2.45) is 0 Å². The maximum absolute atomic E-state index is 14.9. The van der Waals surface area contributed by atoms with Gasteiger partial charge in [-0.1, -0.05) is 17.3 Å². The molecule has 1 aromatic carbocycles. The summed E-state index contributed by atoms with van der Waals surface area (Å²) in [5.41, 5.74) is 0.0126. The molecule has 0 radical (unpaired) electrons. The predicted molar refractivity (Wildman–Crippen MR) is 119 cm³/mol. The van der Waals surface area contributed by atoms with E-state index in [1.54, 1.807) is 17.9 Å². The number of carbonyl (C=O) groups is 2. The second kappa shape index (κ2) is 9.46. The largest absolute Gasteiger partial charge is 0.496 e. The normalized spacial score (nSPS) is 17.9. The van der Waals surface area contributed by atoms with E-state index in [1.807, 2.05) is 6.92 Å². The van der Waals surface area contributed by atoms with Crippen LogP contribution in [0.4, 0.5) is 10.2 Å². The summed E-state index contributed by atoms with van der Waals surface area (Å²) in [6.45, 7) is 3.72. The number of aromatic nitrogens is 3. The van der Waals surface area contributed by atoms with Crippen molar-refractivity contribution in [3.8, 4) is 17.1 Å². The molecule has 11 heteroatoms. The number of carbonyl (C=O) groups excluding carboxylic acids is 1. The molecule has 10 nitrogen and oxygen atoms in total. The van der Waals surface area contributed by atoms with Crippen LogP contribution < -0.4 is 10.1 Å². The molecule has 178 valence electrons. The molecule has 0 aliphatic carbocycles. The topological polar surface area (TPSA) is 131 Å². The molecule has 2 N–H and O–H groups in total. The molecule has 1 aliphatic rings. The van der Waals surface area contributed by atoms with E-state index >= 15 is 0 Å². The smallest absolute Gasteiger partial charge is 0.343 e. The van der Waals surface area contributed by atoms with E-state index in [-0.39, 0.29) is 52.7 Å². The number of piperidine rings is 1. The molecule has 0 unspecified atom stereocenters. The molecule has 1 amide bonds. The van der Waals surface area contributed by atoms with Gasteiger partial charge in [0.1, 0.15) is 22.9 Å². The summed E-state index contributed by atoms with van der Waals surface area (Å²) >= 11 is 0. The Morgan fingerprint density at radius 1 is 1.26 bits per heavy atom. The molecule has 0 bridgehead atoms. The van der Waals surface area contributed by atoms with Crippen LogP contribution in [-0.2, 0) is 0 Å². The number of pyridine rings is 1. The standard InChI is InChI=1S/C23H24FN5O5/c1-12-7-8-14(27-21-19(23(31)32)17(33-3)9-10-25-21)11-29(12)22(30)18-15(5-4-6-16(18)24)20-26-13(2)34-28-20/h4-6,9-10,12,14H,7-8,11H2,1-3H3,(H,25,27)(H,31,32)/t12-,14-/m1/s1. The molecular formula is C23H24FN5O5. The van der Waals surface area contributed by atoms with E-state index in [4.69, 9.17) is 9.26 Å². The number of benzene rings is 1. The average Bonchev–Trinajstić information content (AvgIpc) is 3.25. The molecule has 34 heavy (non-hydrogen) atoms. The molecule has 0 spiro atoms. The Balaban J connectivity index is 1.62. The van der Waals surface area contributed by atoms with Gasteiger partial charge in [-0.15, -0.1) is 0 Å². The van der Waals surface area contributed by atoms with Crippen molar-refractivity contribution in [1.29, 1.82) is 0 Å². The van der Waals surface area contributed by atoms with Gasteiger partial charge >= 0.3 is 5.97 Å². The Labute approximate surface area is 194 Å². The third-order valence-electron chi connectivity index (χ3n) is 5.83. The lowest BCUT2D eigenvalue weighted by molar-refractivity contribution is 0.0614. The SMILES string of the molecule is COc1ccnc(N[C@@H]2CC[C@@H](C)N(C(=O)c3c(F)cccc3-c3noc(C)n3)C2)c1C(=O)O. The van der Waals surface area contributed by atoms with Gasteiger partial charge in [-0.2, -0.15) is 4.98 Å². The van der Waals surface area contributed by atoms with Gasteiger partial charge < -0.3 is 24.6 Å². The Hall–Kier alpha value is -4.02. The van der Waals surface area contributed by atoms with Crippen LogP contribution in [0.5, 0.6) is 5.75 Å². The summed E-state index contributed by atoms with van der Waals surface area (Å²) in [5.74, 6) is -1.63. The Morgan fingerprint density at radius 2 is 2.06 bits per heavy atom. The van der Waals surface area contributed by atoms with Gasteiger partial charge in [0.25, 0.3) is 5.91 Å². The first-order valence-electron chi connectivity index (χ1n) is 10.7. The van der Waals surface area contributed by atoms with Crippen LogP contribution in [0.3, 0.4) is 0 Å². The fraction of sp³-hybridized carbons (Fsp3) is 0.348. The third-order valence-corrected chi connectivity index (χ3v) is 5.83. The van der Waals surface area contributed by atoms with Gasteiger partial charge in [-0.05, 0) is 31.9 Å². The Kier molecular flexibility index (Phi) is 6.44. The van der Waals surface area contributed by atoms with Gasteiger partial charge in [0, 0.05) is 37.3 Å². The van der Waals surface area contributed by atoms with Crippen LogP contribution in [0, 0.1) is 12.7 Å². The molecule has 2 aromatic heterocycles. The Morgan fingerprint density at radius 3 is 2.74 bits per heavy atom. The van der Waals surface area contributed by atoms with Crippen molar-refractivity contribution in [2.75, 3.05) is 19.0 Å². The van der Waals surface area contributed by atoms with Crippen LogP contribution in [0.25, 0.3) is 11.4 Å². The van der Waals surface area contributed by atoms with Gasteiger partial charge in [0.2, 0.25) is 11.7 Å². The second-order valence-electron chi connectivity index (χ2n) is 8.07. The molecule has 4 rings (SSSR count). The van der Waals surface area contributed by atoms with Crippen molar-refractivity contribution in [3.05, 3.63) is 53.3 Å². The lowest BCUT2D eigenvalue weighted by Crippen LogP contribution is -2.50. The number of hydrogen-bond donors (Lipinski definition) is 2. The van der Waals surface area contributed by atoms with Gasteiger partial charge in [-0.25, -0.2) is 14.2 Å². The van der Waals surface area contributed by atoms with Crippen molar-refractivity contribution in [3.63, 3.8) is 0 Å². The number of hydrogen-bond acceptors (Lipinski definition) is 8. The number of anilines is 1. The van der Waals surface area contributed by atoms with Crippen LogP contribution in [0.1, 0.15) is 46.4 Å². The number of nitrogens with zero attached hydrogens (tertiary/aromatic N) is 4. The summed E-state index contributed by atoms with van der Waals surface area (Å²) in [6, 6.07) is 5.27. The zero-order valence-corrected chi connectivity index (χ0v) is 18.9. The maximum atomic E-state index is 14.9. The van der Waals surface area contributed by atoms with Gasteiger partial charge in [0.05, 0.1) is 12.7 Å². The minimum atomic E-state index is -1.18. The highest BCUT2D eigenvalue weighted by molar-refractivity contribution is 6.00. The number of likely N-dealkylation sites (tertiary alicyclic amines) is 1. The van der Waals surface area contributed by atoms with Gasteiger partial charge in [-0.3, -0.25) is 4.79 Å². The first-order chi connectivity index (χ1) is 16.3. The fourth-order valence-corrected chi connectivity index (χ4v) is 4.11. The van der Waals surface area contributed by atoms with Crippen molar-refractivity contribution < 1.29 is 28.3 Å². The predicted octanol–water partition coefficient (Wildman–Crippen LogP) is 3.39. The zero-order valence-electron chi connectivity index (χ0n) is 18.9. The minimum Gasteiger partial charge on any atom is -0.496 e. The fourth-order valence-electron chi connectivity index (χ4n) is 4.11. The highest BCUT2D eigenvalue weighted by Crippen LogP contribution is 2.30. The Bertz CT molecular complexity index is 1230. The molecule has 1 aliphatic heterocycles. The zero-order chi connectivity index (χ0) is 24.4. The molecule has 2 atom stereocenters. The maximum Gasteiger partial charge on any atom is 0.343 e. The lowest BCUT2D eigenvalue weighted by atomic mass is 9.96. The number of nitrogens with one attached hydrogen (secondary N) is 1. The molecule has 3 aromatic rings. The quantitative estimate of drug-likeness (QED) is 0.558. The first-order valence-corrected chi connectivity index (χ1v) is 10.7. The highest BCUT2D eigenvalue weighted by Gasteiger charge is 2.34.